The lowest BCUT2D eigenvalue weighted by molar-refractivity contribution is -0.125. The third-order valence-electron chi connectivity index (χ3n) is 1.91. The lowest BCUT2D eigenvalue weighted by Gasteiger charge is -2.09. The quantitative estimate of drug-likeness (QED) is 0.421. The first kappa shape index (κ1) is 12.0. The topological polar surface area (TPSA) is 105 Å². The zero-order valence-corrected chi connectivity index (χ0v) is 8.83. The molecule has 1 heterocycles. The van der Waals surface area contributed by atoms with E-state index in [1.807, 2.05) is 0 Å². The Morgan fingerprint density at radius 1 is 1.73 bits per heavy atom. The van der Waals surface area contributed by atoms with E-state index in [-0.39, 0.29) is 25.0 Å². The fraction of sp³-hybridized carbons (Fsp3) is 0.714. The Bertz CT molecular complexity index is 283. The van der Waals surface area contributed by atoms with Crippen molar-refractivity contribution in [3.05, 3.63) is 0 Å². The number of carbonyl (C=O) groups is 2. The van der Waals surface area contributed by atoms with E-state index in [1.165, 1.54) is 0 Å². The molecule has 3 N–H and O–H groups in total. The first-order chi connectivity index (χ1) is 7.09. The second-order valence-electron chi connectivity index (χ2n) is 3.02. The average molecular weight is 235 g/mol. The summed E-state index contributed by atoms with van der Waals surface area (Å²) in [7, 11) is -2.62. The predicted molar refractivity (Wildman–Crippen MR) is 50.0 cm³/mol. The summed E-state index contributed by atoms with van der Waals surface area (Å²) in [5, 5.41) is 4.99. The van der Waals surface area contributed by atoms with E-state index >= 15 is 0 Å². The molecule has 0 aromatic rings. The van der Waals surface area contributed by atoms with Crippen LogP contribution in [0.4, 0.5) is 0 Å². The standard InChI is InChI=1S/C7H11N2O5P/c10-6-2-1-5(9-6)7(11)8-3-4-14-15(12)13/h5H,1-4H2,(H2-,8,9,10,11,12,13)/p+1/t5-/m0/s1. The Morgan fingerprint density at radius 2 is 2.47 bits per heavy atom. The maximum atomic E-state index is 11.3. The lowest BCUT2D eigenvalue weighted by Crippen LogP contribution is -2.42. The van der Waals surface area contributed by atoms with Gasteiger partial charge in [0.15, 0.2) is 0 Å². The van der Waals surface area contributed by atoms with E-state index in [0.29, 0.717) is 12.8 Å². The number of carbonyl (C=O) groups excluding carboxylic acids is 2. The Balaban J connectivity index is 2.13. The van der Waals surface area contributed by atoms with E-state index in [9.17, 15) is 14.2 Å². The van der Waals surface area contributed by atoms with Crippen LogP contribution in [-0.4, -0.2) is 35.9 Å². The van der Waals surface area contributed by atoms with Gasteiger partial charge in [0.25, 0.3) is 0 Å². The molecule has 1 saturated heterocycles. The SMILES string of the molecule is O=C1CC[C@@H](C(=O)NCCO[P+](=O)O)N1. The molecule has 1 rings (SSSR count). The normalized spacial score (nSPS) is 21.0. The van der Waals surface area contributed by atoms with Gasteiger partial charge in [0, 0.05) is 17.5 Å². The zero-order valence-electron chi connectivity index (χ0n) is 7.93. The number of hydrogen-bond donors (Lipinski definition) is 3. The van der Waals surface area contributed by atoms with Gasteiger partial charge in [0.05, 0.1) is 0 Å². The summed E-state index contributed by atoms with van der Waals surface area (Å²) in [5.74, 6) is -0.428. The van der Waals surface area contributed by atoms with Crippen molar-refractivity contribution < 1.29 is 23.6 Å². The van der Waals surface area contributed by atoms with Gasteiger partial charge in [-0.05, 0) is 6.42 Å². The summed E-state index contributed by atoms with van der Waals surface area (Å²) in [6, 6.07) is -0.486. The van der Waals surface area contributed by atoms with Gasteiger partial charge < -0.3 is 10.6 Å². The summed E-state index contributed by atoms with van der Waals surface area (Å²) in [5.41, 5.74) is 0. The highest BCUT2D eigenvalue weighted by molar-refractivity contribution is 7.32. The minimum atomic E-state index is -2.62. The van der Waals surface area contributed by atoms with Gasteiger partial charge in [-0.2, -0.15) is 0 Å². The van der Waals surface area contributed by atoms with E-state index in [2.05, 4.69) is 15.2 Å². The molecule has 84 valence electrons. The van der Waals surface area contributed by atoms with Gasteiger partial charge in [0.2, 0.25) is 11.8 Å². The molecular weight excluding hydrogens is 223 g/mol. The summed E-state index contributed by atoms with van der Waals surface area (Å²) >= 11 is 0. The van der Waals surface area contributed by atoms with Crippen molar-refractivity contribution in [1.29, 1.82) is 0 Å². The summed E-state index contributed by atoms with van der Waals surface area (Å²) in [4.78, 5) is 30.4. The fourth-order valence-corrected chi connectivity index (χ4v) is 1.48. The predicted octanol–water partition coefficient (Wildman–Crippen LogP) is -0.953. The maximum absolute atomic E-state index is 11.3. The number of amides is 2. The highest BCUT2D eigenvalue weighted by atomic mass is 31.1. The molecule has 0 saturated carbocycles. The molecule has 0 spiro atoms. The second-order valence-corrected chi connectivity index (χ2v) is 3.75. The lowest BCUT2D eigenvalue weighted by atomic mass is 10.2. The van der Waals surface area contributed by atoms with Crippen LogP contribution >= 0.6 is 8.25 Å². The number of hydrogen-bond acceptors (Lipinski definition) is 4. The van der Waals surface area contributed by atoms with Crippen molar-refractivity contribution in [1.82, 2.24) is 10.6 Å². The van der Waals surface area contributed by atoms with Crippen LogP contribution in [0, 0.1) is 0 Å². The average Bonchev–Trinajstić information content (AvgIpc) is 2.59. The number of rotatable bonds is 5. The van der Waals surface area contributed by atoms with Crippen LogP contribution in [0.15, 0.2) is 0 Å². The molecule has 7 nitrogen and oxygen atoms in total. The molecule has 0 radical (unpaired) electrons. The molecule has 0 aliphatic carbocycles. The molecule has 1 aliphatic rings. The summed E-state index contributed by atoms with van der Waals surface area (Å²) < 4.78 is 14.4. The zero-order chi connectivity index (χ0) is 11.3. The minimum absolute atomic E-state index is 0.0297. The van der Waals surface area contributed by atoms with Crippen LogP contribution in [0.3, 0.4) is 0 Å². The third-order valence-corrected chi connectivity index (χ3v) is 2.32. The van der Waals surface area contributed by atoms with Crippen LogP contribution in [0.25, 0.3) is 0 Å². The Kier molecular flexibility index (Phi) is 4.61. The van der Waals surface area contributed by atoms with E-state index in [1.54, 1.807) is 0 Å². The Hall–Kier alpha value is -1.04. The van der Waals surface area contributed by atoms with E-state index in [4.69, 9.17) is 4.89 Å². The molecule has 1 fully saturated rings. The van der Waals surface area contributed by atoms with Crippen molar-refractivity contribution >= 4 is 20.1 Å². The highest BCUT2D eigenvalue weighted by Gasteiger charge is 2.26. The summed E-state index contributed by atoms with van der Waals surface area (Å²) in [6.45, 7) is 0.116. The van der Waals surface area contributed by atoms with Crippen molar-refractivity contribution in [3.8, 4) is 0 Å². The molecular formula is C7H12N2O5P+. The van der Waals surface area contributed by atoms with Crippen LogP contribution in [-0.2, 0) is 18.7 Å². The van der Waals surface area contributed by atoms with Gasteiger partial charge in [-0.3, -0.25) is 9.59 Å². The largest absolute Gasteiger partial charge is 0.694 e. The Morgan fingerprint density at radius 3 is 3.00 bits per heavy atom. The van der Waals surface area contributed by atoms with Gasteiger partial charge >= 0.3 is 8.25 Å². The van der Waals surface area contributed by atoms with Crippen molar-refractivity contribution in [3.63, 3.8) is 0 Å². The monoisotopic (exact) mass is 235 g/mol. The molecule has 0 bridgehead atoms. The first-order valence-electron chi connectivity index (χ1n) is 4.45. The summed E-state index contributed by atoms with van der Waals surface area (Å²) in [6.07, 6.45) is 0.844. The smallest absolute Gasteiger partial charge is 0.352 e. The van der Waals surface area contributed by atoms with Crippen LogP contribution in [0.5, 0.6) is 0 Å². The second kappa shape index (κ2) is 5.75. The third kappa shape index (κ3) is 4.33. The molecule has 1 unspecified atom stereocenters. The molecule has 0 aromatic heterocycles. The maximum Gasteiger partial charge on any atom is 0.694 e. The number of nitrogens with one attached hydrogen (secondary N) is 2. The van der Waals surface area contributed by atoms with Crippen LogP contribution in [0.2, 0.25) is 0 Å². The molecule has 15 heavy (non-hydrogen) atoms. The van der Waals surface area contributed by atoms with Crippen molar-refractivity contribution in [2.24, 2.45) is 0 Å². The van der Waals surface area contributed by atoms with E-state index < -0.39 is 14.3 Å². The van der Waals surface area contributed by atoms with Gasteiger partial charge in [-0.25, -0.2) is 0 Å². The molecule has 2 amide bonds. The van der Waals surface area contributed by atoms with Crippen molar-refractivity contribution in [2.75, 3.05) is 13.2 Å². The van der Waals surface area contributed by atoms with Gasteiger partial charge in [0.1, 0.15) is 12.6 Å². The van der Waals surface area contributed by atoms with Crippen molar-refractivity contribution in [2.45, 2.75) is 18.9 Å². The fourth-order valence-electron chi connectivity index (χ4n) is 1.23. The van der Waals surface area contributed by atoms with Gasteiger partial charge in [-0.15, -0.1) is 9.42 Å². The molecule has 8 heteroatoms. The van der Waals surface area contributed by atoms with E-state index in [0.717, 1.165) is 0 Å². The van der Waals surface area contributed by atoms with Gasteiger partial charge in [-0.1, -0.05) is 0 Å². The molecule has 2 atom stereocenters. The Labute approximate surface area is 87.1 Å². The first-order valence-corrected chi connectivity index (χ1v) is 5.59. The highest BCUT2D eigenvalue weighted by Crippen LogP contribution is 2.12. The van der Waals surface area contributed by atoms with Crippen LogP contribution < -0.4 is 10.6 Å². The molecule has 0 aromatic carbocycles. The van der Waals surface area contributed by atoms with Crippen LogP contribution in [0.1, 0.15) is 12.8 Å². The molecule has 1 aliphatic heterocycles. The minimum Gasteiger partial charge on any atom is -0.352 e.